The van der Waals surface area contributed by atoms with Gasteiger partial charge in [-0.15, -0.1) is 0 Å². The SMILES string of the molecule is c1cc2c(c(N3CCC4CCCCC4C3)c1)NCCC2. The molecule has 2 fully saturated rings. The summed E-state index contributed by atoms with van der Waals surface area (Å²) in [4.78, 5) is 2.67. The quantitative estimate of drug-likeness (QED) is 0.828. The van der Waals surface area contributed by atoms with E-state index in [0.717, 1.165) is 18.4 Å². The maximum Gasteiger partial charge on any atom is 0.0610 e. The molecule has 0 spiro atoms. The highest BCUT2D eigenvalue weighted by atomic mass is 15.2. The Kier molecular flexibility index (Phi) is 3.33. The minimum atomic E-state index is 0.956. The third-order valence-electron chi connectivity index (χ3n) is 5.69. The topological polar surface area (TPSA) is 15.3 Å². The molecule has 1 aromatic rings. The van der Waals surface area contributed by atoms with Crippen LogP contribution in [0, 0.1) is 11.8 Å². The fourth-order valence-corrected chi connectivity index (χ4v) is 4.57. The maximum atomic E-state index is 3.66. The third-order valence-corrected chi connectivity index (χ3v) is 5.69. The largest absolute Gasteiger partial charge is 0.383 e. The number of aryl methyl sites for hydroxylation is 1. The van der Waals surface area contributed by atoms with Crippen molar-refractivity contribution in [3.63, 3.8) is 0 Å². The predicted molar refractivity (Wildman–Crippen MR) is 85.5 cm³/mol. The number of rotatable bonds is 1. The zero-order chi connectivity index (χ0) is 13.4. The third kappa shape index (κ3) is 2.19. The Labute approximate surface area is 122 Å². The van der Waals surface area contributed by atoms with Gasteiger partial charge in [-0.25, -0.2) is 0 Å². The molecule has 1 saturated carbocycles. The van der Waals surface area contributed by atoms with Crippen molar-refractivity contribution in [3.8, 4) is 0 Å². The number of piperidine rings is 1. The minimum Gasteiger partial charge on any atom is -0.383 e. The summed E-state index contributed by atoms with van der Waals surface area (Å²) in [7, 11) is 0. The number of benzene rings is 1. The number of nitrogens with zero attached hydrogens (tertiary/aromatic N) is 1. The highest BCUT2D eigenvalue weighted by Gasteiger charge is 2.32. The first-order valence-electron chi connectivity index (χ1n) is 8.52. The summed E-state index contributed by atoms with van der Waals surface area (Å²) in [6.07, 6.45) is 9.82. The average Bonchev–Trinajstić information content (AvgIpc) is 2.54. The van der Waals surface area contributed by atoms with Crippen LogP contribution >= 0.6 is 0 Å². The lowest BCUT2D eigenvalue weighted by Gasteiger charge is -2.43. The zero-order valence-corrected chi connectivity index (χ0v) is 12.4. The van der Waals surface area contributed by atoms with E-state index in [-0.39, 0.29) is 0 Å². The first kappa shape index (κ1) is 12.6. The Morgan fingerprint density at radius 2 is 1.90 bits per heavy atom. The van der Waals surface area contributed by atoms with Gasteiger partial charge in [0.2, 0.25) is 0 Å². The molecule has 2 heteroatoms. The summed E-state index contributed by atoms with van der Waals surface area (Å²) in [6, 6.07) is 6.90. The van der Waals surface area contributed by atoms with Crippen LogP contribution in [0.1, 0.15) is 44.1 Å². The molecular formula is C18H26N2. The van der Waals surface area contributed by atoms with Gasteiger partial charge in [0, 0.05) is 19.6 Å². The molecule has 0 aromatic heterocycles. The van der Waals surface area contributed by atoms with Crippen LogP contribution in [0.25, 0.3) is 0 Å². The van der Waals surface area contributed by atoms with Gasteiger partial charge < -0.3 is 10.2 Å². The van der Waals surface area contributed by atoms with Gasteiger partial charge in [0.25, 0.3) is 0 Å². The van der Waals surface area contributed by atoms with Crippen LogP contribution in [0.2, 0.25) is 0 Å². The van der Waals surface area contributed by atoms with Gasteiger partial charge in [-0.05, 0) is 49.1 Å². The van der Waals surface area contributed by atoms with Crippen molar-refractivity contribution in [2.45, 2.75) is 44.9 Å². The van der Waals surface area contributed by atoms with Crippen molar-refractivity contribution in [1.29, 1.82) is 0 Å². The molecule has 1 saturated heterocycles. The Balaban J connectivity index is 1.58. The number of fused-ring (bicyclic) bond motifs is 2. The minimum absolute atomic E-state index is 0.956. The van der Waals surface area contributed by atoms with Crippen LogP contribution < -0.4 is 10.2 Å². The smallest absolute Gasteiger partial charge is 0.0610 e. The fourth-order valence-electron chi connectivity index (χ4n) is 4.57. The van der Waals surface area contributed by atoms with Crippen LogP contribution in [0.3, 0.4) is 0 Å². The summed E-state index contributed by atoms with van der Waals surface area (Å²) in [5, 5.41) is 3.66. The first-order valence-corrected chi connectivity index (χ1v) is 8.52. The summed E-state index contributed by atoms with van der Waals surface area (Å²) in [5.41, 5.74) is 4.44. The summed E-state index contributed by atoms with van der Waals surface area (Å²) in [6.45, 7) is 3.70. The number of hydrogen-bond acceptors (Lipinski definition) is 2. The van der Waals surface area contributed by atoms with Crippen LogP contribution in [0.5, 0.6) is 0 Å². The number of nitrogens with one attached hydrogen (secondary N) is 1. The van der Waals surface area contributed by atoms with Crippen LogP contribution in [-0.2, 0) is 6.42 Å². The molecule has 2 nitrogen and oxygen atoms in total. The van der Waals surface area contributed by atoms with Crippen LogP contribution in [0.4, 0.5) is 11.4 Å². The van der Waals surface area contributed by atoms with Gasteiger partial charge in [-0.1, -0.05) is 31.4 Å². The van der Waals surface area contributed by atoms with E-state index in [9.17, 15) is 0 Å². The highest BCUT2D eigenvalue weighted by Crippen LogP contribution is 2.40. The van der Waals surface area contributed by atoms with Gasteiger partial charge in [0.1, 0.15) is 0 Å². The van der Waals surface area contributed by atoms with E-state index in [1.807, 2.05) is 0 Å². The lowest BCUT2D eigenvalue weighted by molar-refractivity contribution is 0.202. The van der Waals surface area contributed by atoms with Gasteiger partial charge in [-0.3, -0.25) is 0 Å². The fraction of sp³-hybridized carbons (Fsp3) is 0.667. The first-order chi connectivity index (χ1) is 9.92. The molecule has 1 aliphatic carbocycles. The van der Waals surface area contributed by atoms with Gasteiger partial charge >= 0.3 is 0 Å². The molecule has 0 amide bonds. The second kappa shape index (κ2) is 5.31. The van der Waals surface area contributed by atoms with Crippen molar-refractivity contribution in [3.05, 3.63) is 23.8 Å². The lowest BCUT2D eigenvalue weighted by atomic mass is 9.75. The van der Waals surface area contributed by atoms with Crippen LogP contribution in [-0.4, -0.2) is 19.6 Å². The monoisotopic (exact) mass is 270 g/mol. The summed E-state index contributed by atoms with van der Waals surface area (Å²) < 4.78 is 0. The van der Waals surface area contributed by atoms with E-state index in [1.54, 1.807) is 0 Å². The van der Waals surface area contributed by atoms with Crippen molar-refractivity contribution in [1.82, 2.24) is 0 Å². The van der Waals surface area contributed by atoms with Crippen LogP contribution in [0.15, 0.2) is 18.2 Å². The van der Waals surface area contributed by atoms with E-state index in [1.165, 1.54) is 75.0 Å². The number of para-hydroxylation sites is 1. The second-order valence-corrected chi connectivity index (χ2v) is 6.88. The summed E-state index contributed by atoms with van der Waals surface area (Å²) in [5.74, 6) is 1.98. The predicted octanol–water partition coefficient (Wildman–Crippen LogP) is 4.06. The van der Waals surface area contributed by atoms with Crippen molar-refractivity contribution in [2.24, 2.45) is 11.8 Å². The standard InChI is InChI=1S/C18H26N2/c1-2-6-16-13-20(12-10-14(16)5-1)17-9-3-7-15-8-4-11-19-18(15)17/h3,7,9,14,16,19H,1-2,4-6,8,10-13H2. The van der Waals surface area contributed by atoms with E-state index in [4.69, 9.17) is 0 Å². The molecule has 4 rings (SSSR count). The Bertz CT molecular complexity index is 482. The average molecular weight is 270 g/mol. The molecule has 1 N–H and O–H groups in total. The maximum absolute atomic E-state index is 3.66. The molecule has 2 unspecified atom stereocenters. The van der Waals surface area contributed by atoms with Crippen molar-refractivity contribution < 1.29 is 0 Å². The van der Waals surface area contributed by atoms with Crippen molar-refractivity contribution in [2.75, 3.05) is 29.9 Å². The molecule has 20 heavy (non-hydrogen) atoms. The number of hydrogen-bond donors (Lipinski definition) is 1. The van der Waals surface area contributed by atoms with Crippen molar-refractivity contribution >= 4 is 11.4 Å². The van der Waals surface area contributed by atoms with Gasteiger partial charge in [0.05, 0.1) is 11.4 Å². The molecule has 3 aliphatic rings. The van der Waals surface area contributed by atoms with E-state index in [0.29, 0.717) is 0 Å². The van der Waals surface area contributed by atoms with E-state index < -0.39 is 0 Å². The highest BCUT2D eigenvalue weighted by molar-refractivity contribution is 5.74. The Hall–Kier alpha value is -1.18. The van der Waals surface area contributed by atoms with E-state index >= 15 is 0 Å². The molecule has 2 atom stereocenters. The Morgan fingerprint density at radius 1 is 1.00 bits per heavy atom. The van der Waals surface area contributed by atoms with E-state index in [2.05, 4.69) is 28.4 Å². The lowest BCUT2D eigenvalue weighted by Crippen LogP contribution is -2.42. The summed E-state index contributed by atoms with van der Waals surface area (Å²) >= 11 is 0. The molecule has 1 aromatic carbocycles. The molecule has 2 aliphatic heterocycles. The molecule has 108 valence electrons. The zero-order valence-electron chi connectivity index (χ0n) is 12.4. The number of anilines is 2. The van der Waals surface area contributed by atoms with Gasteiger partial charge in [0.15, 0.2) is 0 Å². The normalized spacial score (nSPS) is 29.3. The molecular weight excluding hydrogens is 244 g/mol. The van der Waals surface area contributed by atoms with Gasteiger partial charge in [-0.2, -0.15) is 0 Å². The Morgan fingerprint density at radius 3 is 2.85 bits per heavy atom. The molecule has 2 heterocycles. The second-order valence-electron chi connectivity index (χ2n) is 6.88. The molecule has 0 radical (unpaired) electrons. The molecule has 0 bridgehead atoms.